The van der Waals surface area contributed by atoms with Gasteiger partial charge in [0.1, 0.15) is 6.79 Å². The van der Waals surface area contributed by atoms with Crippen LogP contribution in [0.2, 0.25) is 0 Å². The lowest BCUT2D eigenvalue weighted by Gasteiger charge is -1.44. The summed E-state index contributed by atoms with van der Waals surface area (Å²) in [6.07, 6.45) is 2.72. The third-order valence-electron chi connectivity index (χ3n) is 0.0500. The molecule has 0 rings (SSSR count). The molecule has 0 aliphatic carbocycles. The van der Waals surface area contributed by atoms with Crippen molar-refractivity contribution in [2.75, 3.05) is 0 Å². The zero-order valence-corrected chi connectivity index (χ0v) is 4.33. The number of carbonyl (C=O) groups is 1. The Labute approximate surface area is 58.3 Å². The molecule has 0 aliphatic heterocycles. The van der Waals surface area contributed by atoms with Gasteiger partial charge < -0.3 is 15.0 Å². The molecule has 0 saturated carbocycles. The molecule has 10 heavy (non-hydrogen) atoms. The molecule has 0 amide bonds. The molecule has 0 aliphatic rings. The van der Waals surface area contributed by atoms with Crippen LogP contribution in [0.5, 0.6) is 0 Å². The predicted octanol–water partition coefficient (Wildman–Crippen LogP) is -0.482. The normalized spacial score (nSPS) is 2.40. The van der Waals surface area contributed by atoms with Crippen molar-refractivity contribution in [3.05, 3.63) is 0 Å². The van der Waals surface area contributed by atoms with E-state index in [2.05, 4.69) is 0 Å². The van der Waals surface area contributed by atoms with E-state index in [0.29, 0.717) is 0 Å². The average molecular weight is 148 g/mol. The molecule has 0 bridgehead atoms. The van der Waals surface area contributed by atoms with Crippen molar-refractivity contribution in [1.82, 2.24) is 0 Å². The van der Waals surface area contributed by atoms with Gasteiger partial charge in [-0.05, 0) is 0 Å². The van der Waals surface area contributed by atoms with Crippen molar-refractivity contribution in [1.29, 1.82) is 0 Å². The Morgan fingerprint density at radius 3 is 1.10 bits per heavy atom. The number of carbonyl (C=O) groups excluding carboxylic acids is 3. The van der Waals surface area contributed by atoms with E-state index in [1.54, 1.807) is 0 Å². The summed E-state index contributed by atoms with van der Waals surface area (Å²) in [4.78, 5) is 24.2. The summed E-state index contributed by atoms with van der Waals surface area (Å²) in [6, 6.07) is 0. The SMILES string of the molecule is C.C=O.O=C=O.OC#CO. The maximum atomic E-state index is 8.12. The Bertz CT molecular complexity index is 108. The first-order valence-electron chi connectivity index (χ1n) is 1.39. The van der Waals surface area contributed by atoms with Crippen LogP contribution < -0.4 is 0 Å². The van der Waals surface area contributed by atoms with E-state index in [0.717, 1.165) is 0 Å². The molecule has 58 valence electrons. The maximum absolute atomic E-state index is 8.12. The fraction of sp³-hybridized carbons (Fsp3) is 0.200. The molecule has 0 saturated heterocycles. The van der Waals surface area contributed by atoms with Crippen molar-refractivity contribution in [2.24, 2.45) is 0 Å². The van der Waals surface area contributed by atoms with Crippen molar-refractivity contribution < 1.29 is 24.6 Å². The summed E-state index contributed by atoms with van der Waals surface area (Å²) in [5.74, 6) is 0. The lowest BCUT2D eigenvalue weighted by atomic mass is 11.2. The molecule has 5 nitrogen and oxygen atoms in total. The molecule has 5 heteroatoms. The van der Waals surface area contributed by atoms with Gasteiger partial charge in [0.2, 0.25) is 0 Å². The Hall–Kier alpha value is -1.79. The minimum absolute atomic E-state index is 0. The Kier molecular flexibility index (Phi) is 457. The second-order valence-electron chi connectivity index (χ2n) is 0.307. The highest BCUT2D eigenvalue weighted by Crippen LogP contribution is 1.24. The third-order valence-corrected chi connectivity index (χ3v) is 0.0500. The van der Waals surface area contributed by atoms with Crippen molar-refractivity contribution in [3.63, 3.8) is 0 Å². The summed E-state index contributed by atoms with van der Waals surface area (Å²) >= 11 is 0. The number of hydrogen-bond acceptors (Lipinski definition) is 5. The molecule has 0 heterocycles. The van der Waals surface area contributed by atoms with Crippen LogP contribution in [0.25, 0.3) is 0 Å². The average Bonchev–Trinajstić information content (AvgIpc) is 1.94. The molecule has 0 spiro atoms. The first-order chi connectivity index (χ1) is 4.33. The van der Waals surface area contributed by atoms with E-state index in [1.165, 1.54) is 12.2 Å². The lowest BCUT2D eigenvalue weighted by Crippen LogP contribution is -1.44. The second-order valence-corrected chi connectivity index (χ2v) is 0.307. The van der Waals surface area contributed by atoms with Crippen LogP contribution in [0.1, 0.15) is 7.43 Å². The lowest BCUT2D eigenvalue weighted by molar-refractivity contribution is -0.191. The molecular formula is C5H8O5. The number of rotatable bonds is 0. The summed E-state index contributed by atoms with van der Waals surface area (Å²) in [5.41, 5.74) is 0. The van der Waals surface area contributed by atoms with Crippen LogP contribution in [0.3, 0.4) is 0 Å². The molecule has 0 aromatic rings. The minimum atomic E-state index is 0. The highest BCUT2D eigenvalue weighted by Gasteiger charge is 1.30. The molecule has 0 atom stereocenters. The fourth-order valence-corrected chi connectivity index (χ4v) is 0. The van der Waals surface area contributed by atoms with Crippen LogP contribution >= 0.6 is 0 Å². The van der Waals surface area contributed by atoms with Gasteiger partial charge in [0.15, 0.2) is 12.2 Å². The number of aliphatic hydroxyl groups is 2. The van der Waals surface area contributed by atoms with E-state index in [1.807, 2.05) is 6.79 Å². The first kappa shape index (κ1) is 24.1. The van der Waals surface area contributed by atoms with Gasteiger partial charge in [-0.1, -0.05) is 7.43 Å². The number of aliphatic hydroxyl groups excluding tert-OH is 2. The van der Waals surface area contributed by atoms with Crippen molar-refractivity contribution >= 4 is 12.9 Å². The summed E-state index contributed by atoms with van der Waals surface area (Å²) in [5, 5.41) is 14.5. The van der Waals surface area contributed by atoms with Crippen LogP contribution in [-0.2, 0) is 14.4 Å². The quantitative estimate of drug-likeness (QED) is 0.452. The van der Waals surface area contributed by atoms with E-state index in [-0.39, 0.29) is 13.6 Å². The summed E-state index contributed by atoms with van der Waals surface area (Å²) < 4.78 is 0. The minimum Gasteiger partial charge on any atom is -0.460 e. The predicted molar refractivity (Wildman–Crippen MR) is 30.5 cm³/mol. The van der Waals surface area contributed by atoms with Gasteiger partial charge in [0, 0.05) is 0 Å². The largest absolute Gasteiger partial charge is 0.460 e. The highest BCUT2D eigenvalue weighted by atomic mass is 16.3. The van der Waals surface area contributed by atoms with E-state index in [4.69, 9.17) is 24.6 Å². The fourth-order valence-electron chi connectivity index (χ4n) is 0. The van der Waals surface area contributed by atoms with E-state index in [9.17, 15) is 0 Å². The van der Waals surface area contributed by atoms with E-state index >= 15 is 0 Å². The van der Waals surface area contributed by atoms with Gasteiger partial charge in [-0.25, -0.2) is 0 Å². The first-order valence-corrected chi connectivity index (χ1v) is 1.39. The molecule has 2 N–H and O–H groups in total. The maximum Gasteiger partial charge on any atom is 0.373 e. The van der Waals surface area contributed by atoms with Gasteiger partial charge in [-0.15, -0.1) is 0 Å². The van der Waals surface area contributed by atoms with Gasteiger partial charge in [0.05, 0.1) is 0 Å². The second kappa shape index (κ2) is 190. The third kappa shape index (κ3) is 270. The zero-order chi connectivity index (χ0) is 8.12. The smallest absolute Gasteiger partial charge is 0.373 e. The molecule has 0 fully saturated rings. The van der Waals surface area contributed by atoms with Crippen LogP contribution in [0.15, 0.2) is 0 Å². The molecule has 0 aromatic carbocycles. The number of hydrogen-bond donors (Lipinski definition) is 2. The summed E-state index contributed by atoms with van der Waals surface area (Å²) in [6.45, 7) is 2.00. The molecule has 0 unspecified atom stereocenters. The van der Waals surface area contributed by atoms with E-state index < -0.39 is 0 Å². The summed E-state index contributed by atoms with van der Waals surface area (Å²) in [7, 11) is 0. The van der Waals surface area contributed by atoms with Gasteiger partial charge in [-0.2, -0.15) is 9.59 Å². The van der Waals surface area contributed by atoms with Gasteiger partial charge in [-0.3, -0.25) is 0 Å². The monoisotopic (exact) mass is 148 g/mol. The highest BCUT2D eigenvalue weighted by molar-refractivity contribution is 5.20. The van der Waals surface area contributed by atoms with Crippen molar-refractivity contribution in [2.45, 2.75) is 7.43 Å². The molecule has 0 aromatic heterocycles. The Morgan fingerprint density at radius 1 is 1.00 bits per heavy atom. The molecular weight excluding hydrogens is 140 g/mol. The van der Waals surface area contributed by atoms with Crippen LogP contribution in [0.4, 0.5) is 0 Å². The van der Waals surface area contributed by atoms with Crippen LogP contribution in [-0.4, -0.2) is 23.2 Å². The van der Waals surface area contributed by atoms with Gasteiger partial charge >= 0.3 is 6.15 Å². The topological polar surface area (TPSA) is 91.7 Å². The zero-order valence-electron chi connectivity index (χ0n) is 4.33. The Balaban J connectivity index is -0.0000000273. The van der Waals surface area contributed by atoms with Gasteiger partial charge in [0.25, 0.3) is 0 Å². The van der Waals surface area contributed by atoms with Crippen molar-refractivity contribution in [3.8, 4) is 12.2 Å². The Morgan fingerprint density at radius 2 is 1.10 bits per heavy atom. The standard InChI is InChI=1S/C2H2O2.CO2.CH2O.CH4/c3-1-2-4;2-1-3;1-2;/h3-4H;;1H2;1H4. The van der Waals surface area contributed by atoms with Crippen LogP contribution in [0, 0.1) is 12.2 Å². The molecule has 0 radical (unpaired) electrons.